The molecule has 0 heterocycles. The van der Waals surface area contributed by atoms with Gasteiger partial charge in [-0.25, -0.2) is 4.39 Å². The van der Waals surface area contributed by atoms with Gasteiger partial charge in [0.1, 0.15) is 5.82 Å². The first kappa shape index (κ1) is 26.4. The normalized spacial score (nSPS) is 11.8. The largest absolute Gasteiger partial charge is 0.551 e. The van der Waals surface area contributed by atoms with Gasteiger partial charge in [0.15, 0.2) is 0 Å². The van der Waals surface area contributed by atoms with Crippen molar-refractivity contribution >= 4 is 36.5 Å². The Balaban J connectivity index is 2.80. The minimum atomic E-state index is -1.03. The van der Waals surface area contributed by atoms with Crippen LogP contribution in [0.2, 0.25) is 5.02 Å². The molecule has 168 valence electrons. The Morgan fingerprint density at radius 3 is 2.65 bits per heavy atom. The van der Waals surface area contributed by atoms with E-state index in [2.05, 4.69) is 17.2 Å². The molecule has 31 heavy (non-hydrogen) atoms. The standard InChI is InChI=1S/C21H27BClFN2O5/c1-5-6-7-10-30-22(31-15(4)27)19(11-14(2)3)26-20(28)13-25-21(29)17-12-16(23)8-9-18(17)24/h5-9,12,14,19H,1,10-11,13H2,2-4H3,(H,25,29)(H,26,28)/b7-6-/t19-/m0/s1. The lowest BCUT2D eigenvalue weighted by atomic mass is 9.73. The number of amides is 2. The molecule has 0 saturated heterocycles. The van der Waals surface area contributed by atoms with Gasteiger partial charge in [-0.05, 0) is 30.5 Å². The van der Waals surface area contributed by atoms with Crippen molar-refractivity contribution in [3.63, 3.8) is 0 Å². The monoisotopic (exact) mass is 452 g/mol. The number of carbonyl (C=O) groups excluding carboxylic acids is 3. The van der Waals surface area contributed by atoms with Gasteiger partial charge in [-0.3, -0.25) is 14.4 Å². The molecule has 0 aliphatic rings. The first-order valence-corrected chi connectivity index (χ1v) is 10.1. The number of nitrogens with one attached hydrogen (secondary N) is 2. The van der Waals surface area contributed by atoms with E-state index >= 15 is 0 Å². The predicted molar refractivity (Wildman–Crippen MR) is 118 cm³/mol. The van der Waals surface area contributed by atoms with E-state index in [0.29, 0.717) is 6.42 Å². The number of allylic oxidation sites excluding steroid dienone is 2. The van der Waals surface area contributed by atoms with Crippen molar-refractivity contribution < 1.29 is 28.1 Å². The van der Waals surface area contributed by atoms with Crippen molar-refractivity contribution in [1.29, 1.82) is 0 Å². The summed E-state index contributed by atoms with van der Waals surface area (Å²) in [6.45, 7) is 8.39. The maximum absolute atomic E-state index is 13.8. The lowest BCUT2D eigenvalue weighted by molar-refractivity contribution is -0.134. The van der Waals surface area contributed by atoms with Crippen molar-refractivity contribution in [3.05, 3.63) is 59.4 Å². The quantitative estimate of drug-likeness (QED) is 0.375. The molecule has 0 unspecified atom stereocenters. The van der Waals surface area contributed by atoms with E-state index in [0.717, 1.165) is 6.07 Å². The minimum absolute atomic E-state index is 0.138. The van der Waals surface area contributed by atoms with Gasteiger partial charge in [0.25, 0.3) is 11.9 Å². The second-order valence-electron chi connectivity index (χ2n) is 7.09. The van der Waals surface area contributed by atoms with Crippen LogP contribution in [0.5, 0.6) is 0 Å². The fourth-order valence-corrected chi connectivity index (χ4v) is 2.80. The Bertz CT molecular complexity index is 819. The van der Waals surface area contributed by atoms with E-state index in [9.17, 15) is 18.8 Å². The summed E-state index contributed by atoms with van der Waals surface area (Å²) >= 11 is 5.79. The van der Waals surface area contributed by atoms with Crippen LogP contribution in [-0.4, -0.2) is 44.0 Å². The molecule has 1 aromatic rings. The third-order valence-electron chi connectivity index (χ3n) is 3.89. The van der Waals surface area contributed by atoms with E-state index in [4.69, 9.17) is 20.9 Å². The summed E-state index contributed by atoms with van der Waals surface area (Å²) in [5.74, 6) is -3.16. The maximum Gasteiger partial charge on any atom is 0.551 e. The third kappa shape index (κ3) is 10.3. The molecule has 0 radical (unpaired) electrons. The molecule has 7 nitrogen and oxygen atoms in total. The Morgan fingerprint density at radius 1 is 1.32 bits per heavy atom. The SMILES string of the molecule is C=C/C=C\COB(OC(C)=O)[C@H](CC(C)C)NC(=O)CNC(=O)c1cc(Cl)ccc1F. The zero-order valence-electron chi connectivity index (χ0n) is 17.8. The molecular formula is C21H27BClFN2O5. The molecule has 0 spiro atoms. The second kappa shape index (κ2) is 13.6. The molecule has 2 N–H and O–H groups in total. The van der Waals surface area contributed by atoms with Crippen LogP contribution >= 0.6 is 11.6 Å². The van der Waals surface area contributed by atoms with E-state index in [1.165, 1.54) is 19.1 Å². The molecule has 1 atom stereocenters. The van der Waals surface area contributed by atoms with Crippen molar-refractivity contribution in [2.45, 2.75) is 33.1 Å². The van der Waals surface area contributed by atoms with Crippen LogP contribution in [0.1, 0.15) is 37.6 Å². The summed E-state index contributed by atoms with van der Waals surface area (Å²) in [5, 5.41) is 5.25. The Kier molecular flexibility index (Phi) is 11.6. The number of benzene rings is 1. The van der Waals surface area contributed by atoms with Gasteiger partial charge < -0.3 is 19.9 Å². The molecule has 0 aliphatic carbocycles. The predicted octanol–water partition coefficient (Wildman–Crippen LogP) is 3.09. The van der Waals surface area contributed by atoms with Crippen molar-refractivity contribution in [1.82, 2.24) is 10.6 Å². The molecule has 0 aromatic heterocycles. The lowest BCUT2D eigenvalue weighted by Crippen LogP contribution is -2.52. The molecule has 1 aromatic carbocycles. The molecule has 0 fully saturated rings. The van der Waals surface area contributed by atoms with Gasteiger partial charge in [-0.15, -0.1) is 0 Å². The van der Waals surface area contributed by atoms with Crippen LogP contribution in [0.15, 0.2) is 43.0 Å². The van der Waals surface area contributed by atoms with Crippen LogP contribution in [0.25, 0.3) is 0 Å². The lowest BCUT2D eigenvalue weighted by Gasteiger charge is -2.25. The van der Waals surface area contributed by atoms with E-state index in [-0.39, 0.29) is 23.1 Å². The maximum atomic E-state index is 13.8. The highest BCUT2D eigenvalue weighted by Gasteiger charge is 2.35. The van der Waals surface area contributed by atoms with Crippen molar-refractivity contribution in [3.8, 4) is 0 Å². The van der Waals surface area contributed by atoms with Gasteiger partial charge in [0, 0.05) is 11.9 Å². The number of rotatable bonds is 12. The molecule has 1 rings (SSSR count). The Hall–Kier alpha value is -2.65. The molecule has 0 bridgehead atoms. The highest BCUT2D eigenvalue weighted by atomic mass is 35.5. The Morgan fingerprint density at radius 2 is 2.03 bits per heavy atom. The molecule has 2 amide bonds. The second-order valence-corrected chi connectivity index (χ2v) is 7.52. The number of hydrogen-bond donors (Lipinski definition) is 2. The fourth-order valence-electron chi connectivity index (χ4n) is 2.63. The van der Waals surface area contributed by atoms with Crippen LogP contribution in [0, 0.1) is 11.7 Å². The van der Waals surface area contributed by atoms with E-state index in [1.54, 1.807) is 18.2 Å². The summed E-state index contributed by atoms with van der Waals surface area (Å²) in [6, 6.07) is 3.56. The molecule has 0 saturated carbocycles. The van der Waals surface area contributed by atoms with E-state index in [1.807, 2.05) is 13.8 Å². The molecular weight excluding hydrogens is 426 g/mol. The number of hydrogen-bond acceptors (Lipinski definition) is 5. The summed E-state index contributed by atoms with van der Waals surface area (Å²) < 4.78 is 24.6. The highest BCUT2D eigenvalue weighted by molar-refractivity contribution is 6.49. The summed E-state index contributed by atoms with van der Waals surface area (Å²) in [4.78, 5) is 36.1. The number of carbonyl (C=O) groups is 3. The van der Waals surface area contributed by atoms with Crippen LogP contribution in [-0.2, 0) is 18.9 Å². The zero-order chi connectivity index (χ0) is 23.4. The summed E-state index contributed by atoms with van der Waals surface area (Å²) in [5.41, 5.74) is -0.269. The summed E-state index contributed by atoms with van der Waals surface area (Å²) in [7, 11) is -1.03. The molecule has 0 aliphatic heterocycles. The van der Waals surface area contributed by atoms with Gasteiger partial charge in [-0.2, -0.15) is 0 Å². The van der Waals surface area contributed by atoms with Gasteiger partial charge in [0.2, 0.25) is 5.91 Å². The first-order valence-electron chi connectivity index (χ1n) is 9.73. The topological polar surface area (TPSA) is 93.7 Å². The van der Waals surface area contributed by atoms with Crippen molar-refractivity contribution in [2.24, 2.45) is 5.92 Å². The average molecular weight is 453 g/mol. The minimum Gasteiger partial charge on any atom is -0.508 e. The van der Waals surface area contributed by atoms with Crippen LogP contribution in [0.3, 0.4) is 0 Å². The van der Waals surface area contributed by atoms with Gasteiger partial charge in [-0.1, -0.05) is 50.3 Å². The van der Waals surface area contributed by atoms with Gasteiger partial charge >= 0.3 is 7.12 Å². The Labute approximate surface area is 187 Å². The van der Waals surface area contributed by atoms with E-state index < -0.39 is 43.2 Å². The smallest absolute Gasteiger partial charge is 0.508 e. The molecule has 10 heteroatoms. The van der Waals surface area contributed by atoms with Crippen molar-refractivity contribution in [2.75, 3.05) is 13.2 Å². The average Bonchev–Trinajstić information content (AvgIpc) is 2.69. The van der Waals surface area contributed by atoms with Crippen LogP contribution < -0.4 is 10.6 Å². The van der Waals surface area contributed by atoms with Gasteiger partial charge in [0.05, 0.1) is 24.7 Å². The first-order chi connectivity index (χ1) is 14.6. The zero-order valence-corrected chi connectivity index (χ0v) is 18.6. The summed E-state index contributed by atoms with van der Waals surface area (Å²) in [6.07, 6.45) is 5.37. The number of halogens is 2. The highest BCUT2D eigenvalue weighted by Crippen LogP contribution is 2.15. The fraction of sp³-hybridized carbons (Fsp3) is 0.381. The third-order valence-corrected chi connectivity index (χ3v) is 4.13. The van der Waals surface area contributed by atoms with Crippen LogP contribution in [0.4, 0.5) is 4.39 Å².